The molecule has 0 aromatic heterocycles. The number of rotatable bonds is 5. The van der Waals surface area contributed by atoms with E-state index in [2.05, 4.69) is 54.5 Å². The number of oxime groups is 1. The lowest BCUT2D eigenvalue weighted by molar-refractivity contribution is 0.131. The summed E-state index contributed by atoms with van der Waals surface area (Å²) in [5.41, 5.74) is 4.96. The number of benzene rings is 2. The average Bonchev–Trinajstić information content (AvgIpc) is 3.30. The van der Waals surface area contributed by atoms with E-state index in [0.29, 0.717) is 12.5 Å². The molecule has 0 bridgehead atoms. The monoisotopic (exact) mass is 265 g/mol. The minimum absolute atomic E-state index is 0.537. The van der Waals surface area contributed by atoms with E-state index in [0.717, 1.165) is 0 Å². The van der Waals surface area contributed by atoms with Gasteiger partial charge in [-0.25, -0.2) is 0 Å². The van der Waals surface area contributed by atoms with Crippen molar-refractivity contribution in [3.8, 4) is 11.1 Å². The van der Waals surface area contributed by atoms with Crippen LogP contribution >= 0.6 is 0 Å². The van der Waals surface area contributed by atoms with Gasteiger partial charge in [0.1, 0.15) is 6.61 Å². The topological polar surface area (TPSA) is 21.6 Å². The van der Waals surface area contributed by atoms with Crippen molar-refractivity contribution in [3.63, 3.8) is 0 Å². The van der Waals surface area contributed by atoms with Crippen LogP contribution in [-0.2, 0) is 11.4 Å². The van der Waals surface area contributed by atoms with E-state index >= 15 is 0 Å². The molecule has 0 heterocycles. The van der Waals surface area contributed by atoms with Gasteiger partial charge in [0.05, 0.1) is 0 Å². The van der Waals surface area contributed by atoms with E-state index in [9.17, 15) is 0 Å². The highest BCUT2D eigenvalue weighted by Crippen LogP contribution is 2.27. The molecule has 2 aromatic carbocycles. The number of hydrogen-bond donors (Lipinski definition) is 0. The first-order valence-corrected chi connectivity index (χ1v) is 7.14. The predicted molar refractivity (Wildman–Crippen MR) is 82.6 cm³/mol. The zero-order chi connectivity index (χ0) is 13.8. The lowest BCUT2D eigenvalue weighted by Gasteiger charge is -2.10. The molecule has 1 saturated carbocycles. The highest BCUT2D eigenvalue weighted by Gasteiger charge is 2.18. The van der Waals surface area contributed by atoms with Crippen LogP contribution in [0.2, 0.25) is 0 Å². The molecular formula is C18H19NO. The zero-order valence-corrected chi connectivity index (χ0v) is 11.8. The zero-order valence-electron chi connectivity index (χ0n) is 11.8. The Kier molecular flexibility index (Phi) is 3.82. The third-order valence-electron chi connectivity index (χ3n) is 3.72. The van der Waals surface area contributed by atoms with Crippen LogP contribution in [0, 0.1) is 12.8 Å². The summed E-state index contributed by atoms with van der Waals surface area (Å²) >= 11 is 0. The van der Waals surface area contributed by atoms with E-state index in [1.165, 1.54) is 35.1 Å². The van der Waals surface area contributed by atoms with Gasteiger partial charge < -0.3 is 4.84 Å². The molecule has 1 aliphatic carbocycles. The Bertz CT molecular complexity index is 600. The van der Waals surface area contributed by atoms with Gasteiger partial charge in [0.15, 0.2) is 0 Å². The highest BCUT2D eigenvalue weighted by atomic mass is 16.6. The van der Waals surface area contributed by atoms with Gasteiger partial charge in [-0.3, -0.25) is 0 Å². The summed E-state index contributed by atoms with van der Waals surface area (Å²) in [6.45, 7) is 2.68. The van der Waals surface area contributed by atoms with Crippen molar-refractivity contribution in [2.75, 3.05) is 0 Å². The van der Waals surface area contributed by atoms with Gasteiger partial charge >= 0.3 is 0 Å². The summed E-state index contributed by atoms with van der Waals surface area (Å²) in [5.74, 6) is 0.659. The molecule has 20 heavy (non-hydrogen) atoms. The Morgan fingerprint density at radius 3 is 2.65 bits per heavy atom. The van der Waals surface area contributed by atoms with E-state index in [1.54, 1.807) is 0 Å². The van der Waals surface area contributed by atoms with Crippen molar-refractivity contribution in [3.05, 3.63) is 59.7 Å². The molecule has 102 valence electrons. The molecule has 1 aliphatic rings. The summed E-state index contributed by atoms with van der Waals surface area (Å²) in [4.78, 5) is 5.41. The first kappa shape index (κ1) is 12.9. The van der Waals surface area contributed by atoms with E-state index in [1.807, 2.05) is 12.3 Å². The van der Waals surface area contributed by atoms with Crippen LogP contribution in [0.3, 0.4) is 0 Å². The smallest absolute Gasteiger partial charge is 0.142 e. The minimum Gasteiger partial charge on any atom is -0.391 e. The second-order valence-electron chi connectivity index (χ2n) is 5.32. The molecule has 2 heteroatoms. The molecule has 0 N–H and O–H groups in total. The van der Waals surface area contributed by atoms with Crippen molar-refractivity contribution < 1.29 is 4.84 Å². The molecule has 0 atom stereocenters. The van der Waals surface area contributed by atoms with Crippen LogP contribution < -0.4 is 0 Å². The summed E-state index contributed by atoms with van der Waals surface area (Å²) in [6, 6.07) is 16.8. The van der Waals surface area contributed by atoms with Crippen LogP contribution in [0.4, 0.5) is 0 Å². The van der Waals surface area contributed by atoms with Crippen LogP contribution in [0.15, 0.2) is 53.7 Å². The van der Waals surface area contributed by atoms with Crippen molar-refractivity contribution in [2.24, 2.45) is 11.1 Å². The first-order chi connectivity index (χ1) is 9.84. The van der Waals surface area contributed by atoms with E-state index in [4.69, 9.17) is 4.84 Å². The average molecular weight is 265 g/mol. The van der Waals surface area contributed by atoms with Crippen LogP contribution in [0.1, 0.15) is 24.0 Å². The second kappa shape index (κ2) is 5.91. The Hall–Kier alpha value is -2.09. The van der Waals surface area contributed by atoms with Gasteiger partial charge in [0, 0.05) is 6.21 Å². The predicted octanol–water partition coefficient (Wildman–Crippen LogP) is 4.57. The van der Waals surface area contributed by atoms with Crippen LogP contribution in [0.5, 0.6) is 0 Å². The molecule has 3 rings (SSSR count). The summed E-state index contributed by atoms with van der Waals surface area (Å²) in [5, 5.41) is 4.05. The Balaban J connectivity index is 1.74. The van der Waals surface area contributed by atoms with E-state index in [-0.39, 0.29) is 0 Å². The fourth-order valence-electron chi connectivity index (χ4n) is 2.25. The Morgan fingerprint density at radius 1 is 1.10 bits per heavy atom. The third kappa shape index (κ3) is 3.08. The molecule has 0 unspecified atom stereocenters. The SMILES string of the molecule is Cc1c(CON=CC2CC2)cccc1-c1ccccc1. The fourth-order valence-corrected chi connectivity index (χ4v) is 2.25. The molecule has 1 fully saturated rings. The molecule has 0 amide bonds. The largest absolute Gasteiger partial charge is 0.391 e. The third-order valence-corrected chi connectivity index (χ3v) is 3.72. The highest BCUT2D eigenvalue weighted by molar-refractivity contribution is 5.68. The van der Waals surface area contributed by atoms with Gasteiger partial charge in [0.25, 0.3) is 0 Å². The fraction of sp³-hybridized carbons (Fsp3) is 0.278. The summed E-state index contributed by atoms with van der Waals surface area (Å²) in [6.07, 6.45) is 4.45. The van der Waals surface area contributed by atoms with Crippen molar-refractivity contribution in [1.82, 2.24) is 0 Å². The standard InChI is InChI=1S/C18H19NO/c1-14-17(13-20-19-12-15-10-11-15)8-5-9-18(14)16-6-3-2-4-7-16/h2-9,12,15H,10-11,13H2,1H3. The molecule has 0 aliphatic heterocycles. The number of hydrogen-bond acceptors (Lipinski definition) is 2. The molecule has 2 nitrogen and oxygen atoms in total. The van der Waals surface area contributed by atoms with Gasteiger partial charge in [-0.05, 0) is 47.9 Å². The second-order valence-corrected chi connectivity index (χ2v) is 5.32. The van der Waals surface area contributed by atoms with Crippen molar-refractivity contribution in [2.45, 2.75) is 26.4 Å². The molecule has 0 spiro atoms. The lowest BCUT2D eigenvalue weighted by atomic mass is 9.97. The van der Waals surface area contributed by atoms with Crippen molar-refractivity contribution in [1.29, 1.82) is 0 Å². The van der Waals surface area contributed by atoms with Gasteiger partial charge in [-0.2, -0.15) is 0 Å². The molecule has 2 aromatic rings. The molecule has 0 radical (unpaired) electrons. The van der Waals surface area contributed by atoms with Gasteiger partial charge in [0.2, 0.25) is 0 Å². The maximum absolute atomic E-state index is 5.41. The maximum atomic E-state index is 5.41. The number of nitrogens with zero attached hydrogens (tertiary/aromatic N) is 1. The summed E-state index contributed by atoms with van der Waals surface area (Å²) < 4.78 is 0. The molecule has 0 saturated heterocycles. The molecular weight excluding hydrogens is 246 g/mol. The summed E-state index contributed by atoms with van der Waals surface area (Å²) in [7, 11) is 0. The maximum Gasteiger partial charge on any atom is 0.142 e. The minimum atomic E-state index is 0.537. The Labute approximate surface area is 120 Å². The van der Waals surface area contributed by atoms with Crippen LogP contribution in [-0.4, -0.2) is 6.21 Å². The normalized spacial score (nSPS) is 14.7. The first-order valence-electron chi connectivity index (χ1n) is 7.14. The quantitative estimate of drug-likeness (QED) is 0.573. The van der Waals surface area contributed by atoms with Crippen molar-refractivity contribution >= 4 is 6.21 Å². The van der Waals surface area contributed by atoms with Gasteiger partial charge in [-0.15, -0.1) is 0 Å². The lowest BCUT2D eigenvalue weighted by Crippen LogP contribution is -1.94. The van der Waals surface area contributed by atoms with Crippen LogP contribution in [0.25, 0.3) is 11.1 Å². The Morgan fingerprint density at radius 2 is 1.90 bits per heavy atom. The van der Waals surface area contributed by atoms with Gasteiger partial charge in [-0.1, -0.05) is 53.7 Å². The van der Waals surface area contributed by atoms with E-state index < -0.39 is 0 Å².